The molecule has 1 fully saturated rings. The Labute approximate surface area is 311 Å². The fraction of sp³-hybridized carbons (Fsp3) is 0.324. The summed E-state index contributed by atoms with van der Waals surface area (Å²) in [5.74, 6) is -8.52. The van der Waals surface area contributed by atoms with E-state index < -0.39 is 81.4 Å². The summed E-state index contributed by atoms with van der Waals surface area (Å²) >= 11 is 6.56. The van der Waals surface area contributed by atoms with Crippen LogP contribution in [0.25, 0.3) is 33.2 Å². The Morgan fingerprint density at radius 2 is 1.78 bits per heavy atom. The number of aromatic amines is 2. The van der Waals surface area contributed by atoms with Gasteiger partial charge in [-0.3, -0.25) is 23.9 Å². The molecule has 2 aliphatic carbocycles. The SMILES string of the molecule is Cn1nc(NS(C)(=O)=O)c2c(Cl)ccc(-c3cc4[nH]c(=O)[nH]c4nc3[C@H](Cc3cc(F)cc(F)c3)NC(=O)Cn3nc(C(F)F)c4c3C(F)(F)[C@@H]3CC[C@H]43)c21. The molecule has 3 atom stereocenters. The van der Waals surface area contributed by atoms with Crippen molar-refractivity contribution in [1.82, 2.24) is 39.8 Å². The molecule has 2 aromatic carbocycles. The van der Waals surface area contributed by atoms with Crippen LogP contribution in [0.4, 0.5) is 32.2 Å². The number of anilines is 1. The Kier molecular flexibility index (Phi) is 8.56. The second kappa shape index (κ2) is 12.9. The third-order valence-corrected chi connectivity index (χ3v) is 10.9. The molecule has 0 aliphatic heterocycles. The highest BCUT2D eigenvalue weighted by Crippen LogP contribution is 2.63. The Balaban J connectivity index is 1.28. The zero-order valence-corrected chi connectivity index (χ0v) is 30.1. The van der Waals surface area contributed by atoms with E-state index in [0.29, 0.717) is 16.3 Å². The summed E-state index contributed by atoms with van der Waals surface area (Å²) in [6.07, 6.45) is -2.23. The van der Waals surface area contributed by atoms with Gasteiger partial charge in [-0.05, 0) is 55.0 Å². The first kappa shape index (κ1) is 36.6. The van der Waals surface area contributed by atoms with Gasteiger partial charge in [0.25, 0.3) is 12.3 Å². The minimum atomic E-state index is -3.84. The molecule has 8 rings (SSSR count). The number of carbonyl (C=O) groups is 1. The van der Waals surface area contributed by atoms with E-state index in [9.17, 15) is 35.6 Å². The van der Waals surface area contributed by atoms with E-state index in [4.69, 9.17) is 11.6 Å². The molecule has 0 bridgehead atoms. The minimum absolute atomic E-state index is 0.00431. The highest BCUT2D eigenvalue weighted by molar-refractivity contribution is 7.92. The van der Waals surface area contributed by atoms with Crippen molar-refractivity contribution in [2.45, 2.75) is 50.1 Å². The summed E-state index contributed by atoms with van der Waals surface area (Å²) < 4.78 is 117. The number of rotatable bonds is 10. The molecule has 1 saturated carbocycles. The van der Waals surface area contributed by atoms with E-state index in [-0.39, 0.29) is 74.6 Å². The van der Waals surface area contributed by atoms with Crippen molar-refractivity contribution in [3.05, 3.63) is 91.7 Å². The molecule has 55 heavy (non-hydrogen) atoms. The topological polar surface area (TPSA) is 172 Å². The van der Waals surface area contributed by atoms with Crippen LogP contribution in [0.1, 0.15) is 59.4 Å². The highest BCUT2D eigenvalue weighted by atomic mass is 35.5. The number of nitrogens with one attached hydrogen (secondary N) is 4. The summed E-state index contributed by atoms with van der Waals surface area (Å²) in [4.78, 5) is 36.1. The normalized spacial score (nSPS) is 18.1. The number of hydrogen-bond acceptors (Lipinski definition) is 7. The van der Waals surface area contributed by atoms with Crippen LogP contribution in [-0.4, -0.2) is 55.1 Å². The number of pyridine rings is 1. The predicted molar refractivity (Wildman–Crippen MR) is 187 cm³/mol. The number of amides is 1. The van der Waals surface area contributed by atoms with Crippen molar-refractivity contribution >= 4 is 55.4 Å². The molecule has 21 heteroatoms. The Morgan fingerprint density at radius 3 is 2.44 bits per heavy atom. The molecule has 0 radical (unpaired) electrons. The zero-order chi connectivity index (χ0) is 39.3. The van der Waals surface area contributed by atoms with Crippen LogP contribution in [0.15, 0.2) is 41.2 Å². The lowest BCUT2D eigenvalue weighted by molar-refractivity contribution is -0.123. The number of aromatic nitrogens is 7. The molecule has 0 saturated heterocycles. The van der Waals surface area contributed by atoms with Gasteiger partial charge in [0.05, 0.1) is 39.4 Å². The number of H-pyrrole nitrogens is 2. The van der Waals surface area contributed by atoms with Crippen LogP contribution in [0, 0.1) is 17.6 Å². The number of hydrogen-bond donors (Lipinski definition) is 4. The number of aryl methyl sites for hydroxylation is 1. The maximum atomic E-state index is 15.6. The van der Waals surface area contributed by atoms with Crippen LogP contribution in [-0.2, 0) is 40.8 Å². The van der Waals surface area contributed by atoms with E-state index in [1.54, 1.807) is 6.07 Å². The van der Waals surface area contributed by atoms with Crippen LogP contribution < -0.4 is 15.7 Å². The van der Waals surface area contributed by atoms with Gasteiger partial charge in [0.15, 0.2) is 11.5 Å². The fourth-order valence-corrected chi connectivity index (χ4v) is 8.54. The summed E-state index contributed by atoms with van der Waals surface area (Å²) in [5, 5.41) is 11.0. The number of imidazole rings is 1. The minimum Gasteiger partial charge on any atom is -0.346 e. The van der Waals surface area contributed by atoms with Gasteiger partial charge in [-0.25, -0.2) is 35.8 Å². The number of carbonyl (C=O) groups excluding carboxylic acids is 1. The van der Waals surface area contributed by atoms with Crippen molar-refractivity contribution < 1.29 is 39.6 Å². The van der Waals surface area contributed by atoms with Crippen LogP contribution >= 0.6 is 11.6 Å². The maximum absolute atomic E-state index is 15.6. The zero-order valence-electron chi connectivity index (χ0n) is 28.5. The van der Waals surface area contributed by atoms with Crippen molar-refractivity contribution in [1.29, 1.82) is 0 Å². The molecular weight excluding hydrogens is 780 g/mol. The van der Waals surface area contributed by atoms with Gasteiger partial charge in [-0.15, -0.1) is 0 Å². The monoisotopic (exact) mass is 807 g/mol. The van der Waals surface area contributed by atoms with E-state index >= 15 is 8.78 Å². The Bertz CT molecular complexity index is 2730. The van der Waals surface area contributed by atoms with E-state index in [2.05, 4.69) is 35.2 Å². The summed E-state index contributed by atoms with van der Waals surface area (Å²) in [6, 6.07) is 5.80. The van der Waals surface area contributed by atoms with Crippen LogP contribution in [0.5, 0.6) is 0 Å². The first-order chi connectivity index (χ1) is 25.9. The van der Waals surface area contributed by atoms with Gasteiger partial charge in [0.2, 0.25) is 15.9 Å². The van der Waals surface area contributed by atoms with Gasteiger partial charge in [-0.2, -0.15) is 19.0 Å². The van der Waals surface area contributed by atoms with Crippen molar-refractivity contribution in [3.8, 4) is 11.1 Å². The third-order valence-electron chi connectivity index (χ3n) is 10.0. The highest BCUT2D eigenvalue weighted by Gasteiger charge is 2.62. The number of halogens is 7. The van der Waals surface area contributed by atoms with Crippen LogP contribution in [0.3, 0.4) is 0 Å². The van der Waals surface area contributed by atoms with Gasteiger partial charge >= 0.3 is 5.69 Å². The lowest BCUT2D eigenvalue weighted by Crippen LogP contribution is -2.36. The lowest BCUT2D eigenvalue weighted by Gasteiger charge is -2.34. The molecule has 4 aromatic heterocycles. The molecular formula is C34H28ClF6N9O4S. The van der Waals surface area contributed by atoms with Crippen LogP contribution in [0.2, 0.25) is 5.02 Å². The number of alkyl halides is 4. The molecule has 2 aliphatic rings. The van der Waals surface area contributed by atoms with Gasteiger partial charge in [-0.1, -0.05) is 17.7 Å². The number of benzene rings is 2. The second-order valence-electron chi connectivity index (χ2n) is 13.7. The van der Waals surface area contributed by atoms with Crippen molar-refractivity contribution in [3.63, 3.8) is 0 Å². The van der Waals surface area contributed by atoms with E-state index in [1.165, 1.54) is 23.9 Å². The predicted octanol–water partition coefficient (Wildman–Crippen LogP) is 5.94. The first-order valence-corrected chi connectivity index (χ1v) is 18.9. The number of sulfonamides is 1. The molecule has 13 nitrogen and oxygen atoms in total. The molecule has 288 valence electrons. The fourth-order valence-electron chi connectivity index (χ4n) is 7.80. The van der Waals surface area contributed by atoms with Gasteiger partial charge in [0, 0.05) is 35.7 Å². The summed E-state index contributed by atoms with van der Waals surface area (Å²) in [7, 11) is -2.33. The van der Waals surface area contributed by atoms with Gasteiger partial charge < -0.3 is 10.3 Å². The summed E-state index contributed by atoms with van der Waals surface area (Å²) in [5.41, 5.74) is -1.50. The molecule has 6 aromatic rings. The number of fused-ring (bicyclic) bond motifs is 5. The molecule has 4 heterocycles. The Morgan fingerprint density at radius 1 is 1.05 bits per heavy atom. The summed E-state index contributed by atoms with van der Waals surface area (Å²) in [6.45, 7) is -0.926. The third kappa shape index (κ3) is 6.29. The molecule has 1 amide bonds. The average Bonchev–Trinajstić information content (AvgIpc) is 3.73. The van der Waals surface area contributed by atoms with Crippen molar-refractivity contribution in [2.24, 2.45) is 13.0 Å². The van der Waals surface area contributed by atoms with Gasteiger partial charge in [0.1, 0.15) is 29.6 Å². The molecule has 0 spiro atoms. The maximum Gasteiger partial charge on any atom is 0.325 e. The first-order valence-electron chi connectivity index (χ1n) is 16.7. The van der Waals surface area contributed by atoms with E-state index in [0.717, 1.165) is 18.4 Å². The largest absolute Gasteiger partial charge is 0.346 e. The second-order valence-corrected chi connectivity index (χ2v) is 15.8. The molecule has 4 N–H and O–H groups in total. The molecule has 0 unspecified atom stereocenters. The number of nitrogens with zero attached hydrogens (tertiary/aromatic N) is 5. The quantitative estimate of drug-likeness (QED) is 0.124. The van der Waals surface area contributed by atoms with E-state index in [1.807, 2.05) is 0 Å². The smallest absolute Gasteiger partial charge is 0.325 e. The lowest BCUT2D eigenvalue weighted by atomic mass is 9.73. The average molecular weight is 808 g/mol. The Hall–Kier alpha value is -5.37. The standard InChI is InChI=1S/C34H28ClF6N9O4S/c1-49-28-16(4-6-20(35)25(28)32(47-49)48-55(2,53)54)18-11-22-31(45-33(52)43-22)44-26(18)21(9-13-7-14(36)10-15(37)8-13)42-23(51)12-50-29-24(27(46-50)30(38)39)17-3-5-19(17)34(29,40)41/h4,6-8,10-11,17,19,21,30H,3,5,9,12H2,1-2H3,(H,42,51)(H,47,48)(H2,43,44,45,52)/t17-,19+,21-/m0/s1. The van der Waals surface area contributed by atoms with Crippen molar-refractivity contribution in [2.75, 3.05) is 11.0 Å².